The van der Waals surface area contributed by atoms with E-state index in [9.17, 15) is 4.79 Å². The summed E-state index contributed by atoms with van der Waals surface area (Å²) in [5.41, 5.74) is 0.971. The van der Waals surface area contributed by atoms with Crippen LogP contribution in [0, 0.1) is 5.92 Å². The van der Waals surface area contributed by atoms with Crippen LogP contribution in [0.15, 0.2) is 24.3 Å². The van der Waals surface area contributed by atoms with Crippen molar-refractivity contribution in [2.75, 3.05) is 32.8 Å². The van der Waals surface area contributed by atoms with Crippen molar-refractivity contribution in [2.45, 2.75) is 18.9 Å². The standard InChI is InChI=1S/C16H21ClN2O2/c17-14-6-2-1-5-13(14)15-11-19(8-9-21-15)16(20)12-4-3-7-18-10-12/h1-2,5-6,12,15,18H,3-4,7-11H2. The second-order valence-corrected chi connectivity index (χ2v) is 6.12. The molecule has 2 unspecified atom stereocenters. The van der Waals surface area contributed by atoms with E-state index in [1.807, 2.05) is 29.2 Å². The van der Waals surface area contributed by atoms with Crippen molar-refractivity contribution >= 4 is 17.5 Å². The third kappa shape index (κ3) is 3.39. The molecule has 1 amide bonds. The van der Waals surface area contributed by atoms with E-state index in [1.54, 1.807) is 0 Å². The highest BCUT2D eigenvalue weighted by Crippen LogP contribution is 2.29. The van der Waals surface area contributed by atoms with Gasteiger partial charge in [0.2, 0.25) is 5.91 Å². The smallest absolute Gasteiger partial charge is 0.227 e. The van der Waals surface area contributed by atoms with Gasteiger partial charge in [0.05, 0.1) is 19.1 Å². The van der Waals surface area contributed by atoms with Crippen LogP contribution in [0.2, 0.25) is 5.02 Å². The van der Waals surface area contributed by atoms with Crippen LogP contribution < -0.4 is 5.32 Å². The Kier molecular flexibility index (Phi) is 4.78. The molecule has 0 bridgehead atoms. The molecule has 0 spiro atoms. The summed E-state index contributed by atoms with van der Waals surface area (Å²) >= 11 is 6.24. The Hall–Kier alpha value is -1.10. The van der Waals surface area contributed by atoms with Crippen LogP contribution in [-0.4, -0.2) is 43.6 Å². The maximum Gasteiger partial charge on any atom is 0.227 e. The highest BCUT2D eigenvalue weighted by molar-refractivity contribution is 6.31. The Bertz CT molecular complexity index is 503. The maximum absolute atomic E-state index is 12.6. The summed E-state index contributed by atoms with van der Waals surface area (Å²) in [6, 6.07) is 7.71. The van der Waals surface area contributed by atoms with Gasteiger partial charge in [-0.15, -0.1) is 0 Å². The molecule has 1 N–H and O–H groups in total. The number of ether oxygens (including phenoxy) is 1. The van der Waals surface area contributed by atoms with Gasteiger partial charge >= 0.3 is 0 Å². The van der Waals surface area contributed by atoms with Gasteiger partial charge in [-0.05, 0) is 25.5 Å². The third-order valence-electron chi connectivity index (χ3n) is 4.28. The first-order valence-electron chi connectivity index (χ1n) is 7.61. The zero-order valence-corrected chi connectivity index (χ0v) is 12.8. The molecule has 0 radical (unpaired) electrons. The number of benzene rings is 1. The molecule has 2 heterocycles. The van der Waals surface area contributed by atoms with E-state index in [2.05, 4.69) is 5.32 Å². The number of halogens is 1. The molecule has 0 saturated carbocycles. The molecule has 0 aliphatic carbocycles. The number of carbonyl (C=O) groups excluding carboxylic acids is 1. The Labute approximate surface area is 130 Å². The van der Waals surface area contributed by atoms with E-state index in [0.29, 0.717) is 24.7 Å². The van der Waals surface area contributed by atoms with Crippen molar-refractivity contribution in [3.63, 3.8) is 0 Å². The van der Waals surface area contributed by atoms with Crippen molar-refractivity contribution in [3.8, 4) is 0 Å². The first-order valence-corrected chi connectivity index (χ1v) is 7.99. The Morgan fingerprint density at radius 2 is 2.24 bits per heavy atom. The van der Waals surface area contributed by atoms with E-state index in [0.717, 1.165) is 31.5 Å². The van der Waals surface area contributed by atoms with Gasteiger partial charge in [0.15, 0.2) is 0 Å². The Morgan fingerprint density at radius 1 is 1.38 bits per heavy atom. The first kappa shape index (κ1) is 14.8. The molecule has 4 nitrogen and oxygen atoms in total. The number of hydrogen-bond acceptors (Lipinski definition) is 3. The van der Waals surface area contributed by atoms with Gasteiger partial charge in [-0.2, -0.15) is 0 Å². The number of morpholine rings is 1. The van der Waals surface area contributed by atoms with Crippen LogP contribution in [0.5, 0.6) is 0 Å². The number of nitrogens with one attached hydrogen (secondary N) is 1. The van der Waals surface area contributed by atoms with Crippen LogP contribution in [0.1, 0.15) is 24.5 Å². The molecule has 2 aliphatic rings. The lowest BCUT2D eigenvalue weighted by atomic mass is 9.97. The minimum Gasteiger partial charge on any atom is -0.370 e. The maximum atomic E-state index is 12.6. The monoisotopic (exact) mass is 308 g/mol. The van der Waals surface area contributed by atoms with Gasteiger partial charge in [0, 0.05) is 23.7 Å². The molecular formula is C16H21ClN2O2. The molecule has 2 aliphatic heterocycles. The van der Waals surface area contributed by atoms with E-state index in [-0.39, 0.29) is 17.9 Å². The van der Waals surface area contributed by atoms with E-state index < -0.39 is 0 Å². The fraction of sp³-hybridized carbons (Fsp3) is 0.562. The summed E-state index contributed by atoms with van der Waals surface area (Å²) in [5.74, 6) is 0.367. The third-order valence-corrected chi connectivity index (χ3v) is 4.62. The summed E-state index contributed by atoms with van der Waals surface area (Å²) in [5, 5.41) is 4.01. The molecular weight excluding hydrogens is 288 g/mol. The zero-order chi connectivity index (χ0) is 14.7. The summed E-state index contributed by atoms with van der Waals surface area (Å²) in [7, 11) is 0. The van der Waals surface area contributed by atoms with Crippen LogP contribution >= 0.6 is 11.6 Å². The molecule has 21 heavy (non-hydrogen) atoms. The fourth-order valence-electron chi connectivity index (χ4n) is 3.09. The lowest BCUT2D eigenvalue weighted by Gasteiger charge is -2.36. The second-order valence-electron chi connectivity index (χ2n) is 5.71. The van der Waals surface area contributed by atoms with Crippen LogP contribution in [-0.2, 0) is 9.53 Å². The molecule has 1 aromatic rings. The van der Waals surface area contributed by atoms with Crippen molar-refractivity contribution in [2.24, 2.45) is 5.92 Å². The van der Waals surface area contributed by atoms with Crippen LogP contribution in [0.25, 0.3) is 0 Å². The lowest BCUT2D eigenvalue weighted by Crippen LogP contribution is -2.48. The van der Waals surface area contributed by atoms with Gasteiger partial charge in [-0.3, -0.25) is 4.79 Å². The number of carbonyl (C=O) groups is 1. The number of amides is 1. The van der Waals surface area contributed by atoms with Crippen LogP contribution in [0.4, 0.5) is 0 Å². The predicted molar refractivity (Wildman–Crippen MR) is 82.3 cm³/mol. The summed E-state index contributed by atoms with van der Waals surface area (Å²) in [6.07, 6.45) is 1.95. The van der Waals surface area contributed by atoms with Crippen molar-refractivity contribution < 1.29 is 9.53 Å². The second kappa shape index (κ2) is 6.77. The normalized spacial score (nSPS) is 26.6. The molecule has 2 atom stereocenters. The van der Waals surface area contributed by atoms with Crippen molar-refractivity contribution in [1.29, 1.82) is 0 Å². The van der Waals surface area contributed by atoms with E-state index in [1.165, 1.54) is 0 Å². The molecule has 114 valence electrons. The summed E-state index contributed by atoms with van der Waals surface area (Å²) in [4.78, 5) is 14.6. The average Bonchev–Trinajstić information content (AvgIpc) is 2.55. The van der Waals surface area contributed by atoms with E-state index >= 15 is 0 Å². The minimum atomic E-state index is -0.118. The molecule has 0 aromatic heterocycles. The first-order chi connectivity index (χ1) is 10.3. The topological polar surface area (TPSA) is 41.6 Å². The van der Waals surface area contributed by atoms with Crippen LogP contribution in [0.3, 0.4) is 0 Å². The number of piperidine rings is 1. The Morgan fingerprint density at radius 3 is 3.00 bits per heavy atom. The van der Waals surface area contributed by atoms with Crippen molar-refractivity contribution in [3.05, 3.63) is 34.9 Å². The molecule has 3 rings (SSSR count). The van der Waals surface area contributed by atoms with Gasteiger partial charge < -0.3 is 15.0 Å². The van der Waals surface area contributed by atoms with Gasteiger partial charge in [0.25, 0.3) is 0 Å². The highest BCUT2D eigenvalue weighted by atomic mass is 35.5. The molecule has 5 heteroatoms. The summed E-state index contributed by atoms with van der Waals surface area (Å²) in [6.45, 7) is 3.67. The van der Waals surface area contributed by atoms with Gasteiger partial charge in [-0.25, -0.2) is 0 Å². The largest absolute Gasteiger partial charge is 0.370 e. The van der Waals surface area contributed by atoms with E-state index in [4.69, 9.17) is 16.3 Å². The SMILES string of the molecule is O=C(C1CCCNC1)N1CCOC(c2ccccc2Cl)C1. The van der Waals surface area contributed by atoms with Gasteiger partial charge in [-0.1, -0.05) is 29.8 Å². The highest BCUT2D eigenvalue weighted by Gasteiger charge is 2.31. The number of rotatable bonds is 2. The van der Waals surface area contributed by atoms with Crippen molar-refractivity contribution in [1.82, 2.24) is 10.2 Å². The molecule has 2 saturated heterocycles. The molecule has 1 aromatic carbocycles. The Balaban J connectivity index is 1.68. The predicted octanol–water partition coefficient (Wildman–Crippen LogP) is 2.24. The fourth-order valence-corrected chi connectivity index (χ4v) is 3.35. The molecule has 2 fully saturated rings. The quantitative estimate of drug-likeness (QED) is 0.911. The number of hydrogen-bond donors (Lipinski definition) is 1. The zero-order valence-electron chi connectivity index (χ0n) is 12.1. The minimum absolute atomic E-state index is 0.115. The number of nitrogens with zero attached hydrogens (tertiary/aromatic N) is 1. The van der Waals surface area contributed by atoms with Gasteiger partial charge in [0.1, 0.15) is 6.10 Å². The lowest BCUT2D eigenvalue weighted by molar-refractivity contribution is -0.143. The summed E-state index contributed by atoms with van der Waals surface area (Å²) < 4.78 is 5.82. The average molecular weight is 309 g/mol.